The van der Waals surface area contributed by atoms with Gasteiger partial charge in [0.2, 0.25) is 0 Å². The van der Waals surface area contributed by atoms with Crippen molar-refractivity contribution in [3.05, 3.63) is 58.6 Å². The molecule has 0 bridgehead atoms. The van der Waals surface area contributed by atoms with Crippen molar-refractivity contribution in [3.63, 3.8) is 0 Å². The van der Waals surface area contributed by atoms with Crippen LogP contribution in [0, 0.1) is 10.1 Å². The molecule has 1 N–H and O–H groups in total. The van der Waals surface area contributed by atoms with E-state index >= 15 is 0 Å². The van der Waals surface area contributed by atoms with Crippen LogP contribution in [0.5, 0.6) is 0 Å². The van der Waals surface area contributed by atoms with Gasteiger partial charge in [-0.3, -0.25) is 14.9 Å². The molecule has 0 aliphatic carbocycles. The van der Waals surface area contributed by atoms with Crippen molar-refractivity contribution in [1.29, 1.82) is 0 Å². The number of non-ortho nitro benzene ring substituents is 1. The highest BCUT2D eigenvalue weighted by Crippen LogP contribution is 2.26. The number of benzene rings is 2. The summed E-state index contributed by atoms with van der Waals surface area (Å²) in [5.41, 5.74) is 2.22. The average molecular weight is 312 g/mol. The zero-order valence-corrected chi connectivity index (χ0v) is 12.4. The maximum atomic E-state index is 12.1. The number of amides is 1. The highest BCUT2D eigenvalue weighted by atomic mass is 16.6. The number of hydrogen-bond donors (Lipinski definition) is 1. The van der Waals surface area contributed by atoms with Crippen molar-refractivity contribution in [3.8, 4) is 11.1 Å². The molecule has 0 saturated carbocycles. The molecule has 1 atom stereocenters. The van der Waals surface area contributed by atoms with Gasteiger partial charge in [0.25, 0.3) is 11.6 Å². The van der Waals surface area contributed by atoms with Crippen molar-refractivity contribution in [2.75, 3.05) is 11.9 Å². The fourth-order valence-electron chi connectivity index (χ4n) is 2.58. The molecule has 0 aromatic heterocycles. The average Bonchev–Trinajstić information content (AvgIpc) is 3.10. The van der Waals surface area contributed by atoms with Crippen LogP contribution in [-0.4, -0.2) is 23.5 Å². The number of nitrogens with zero attached hydrogens (tertiary/aromatic N) is 1. The maximum Gasteiger partial charge on any atom is 0.270 e. The van der Waals surface area contributed by atoms with Crippen LogP contribution in [-0.2, 0) is 9.53 Å². The van der Waals surface area contributed by atoms with E-state index in [2.05, 4.69) is 5.32 Å². The van der Waals surface area contributed by atoms with Gasteiger partial charge in [-0.25, -0.2) is 0 Å². The largest absolute Gasteiger partial charge is 0.368 e. The molecule has 1 saturated heterocycles. The van der Waals surface area contributed by atoms with E-state index < -0.39 is 11.0 Å². The molecule has 0 spiro atoms. The van der Waals surface area contributed by atoms with Crippen LogP contribution >= 0.6 is 0 Å². The van der Waals surface area contributed by atoms with E-state index in [0.29, 0.717) is 12.3 Å². The van der Waals surface area contributed by atoms with Crippen LogP contribution in [0.3, 0.4) is 0 Å². The first-order valence-electron chi connectivity index (χ1n) is 7.41. The van der Waals surface area contributed by atoms with Gasteiger partial charge in [-0.1, -0.05) is 24.3 Å². The molecule has 1 unspecified atom stereocenters. The Morgan fingerprint density at radius 1 is 1.17 bits per heavy atom. The summed E-state index contributed by atoms with van der Waals surface area (Å²) in [7, 11) is 0. The molecule has 2 aromatic rings. The summed E-state index contributed by atoms with van der Waals surface area (Å²) >= 11 is 0. The summed E-state index contributed by atoms with van der Waals surface area (Å²) in [6.45, 7) is 0.617. The molecule has 2 aromatic carbocycles. The van der Waals surface area contributed by atoms with Gasteiger partial charge in [0.15, 0.2) is 0 Å². The molecule has 6 heteroatoms. The third-order valence-electron chi connectivity index (χ3n) is 3.74. The Balaban J connectivity index is 1.80. The van der Waals surface area contributed by atoms with Crippen LogP contribution < -0.4 is 5.32 Å². The number of anilines is 1. The van der Waals surface area contributed by atoms with Crippen LogP contribution in [0.15, 0.2) is 48.5 Å². The standard InChI is InChI=1S/C17H16N2O4/c20-17(16-8-3-9-23-16)18-14-6-1-4-12(10-14)13-5-2-7-15(11-13)19(21)22/h1-2,4-7,10-11,16H,3,8-9H2,(H,18,20). The third-order valence-corrected chi connectivity index (χ3v) is 3.74. The summed E-state index contributed by atoms with van der Waals surface area (Å²) in [6, 6.07) is 13.6. The Labute approximate surface area is 133 Å². The maximum absolute atomic E-state index is 12.1. The Bertz CT molecular complexity index is 739. The molecule has 1 amide bonds. The SMILES string of the molecule is O=C(Nc1cccc(-c2cccc([N+](=O)[O-])c2)c1)C1CCCO1. The molecular weight excluding hydrogens is 296 g/mol. The topological polar surface area (TPSA) is 81.5 Å². The fraction of sp³-hybridized carbons (Fsp3) is 0.235. The first kappa shape index (κ1) is 15.2. The number of carbonyl (C=O) groups excluding carboxylic acids is 1. The highest BCUT2D eigenvalue weighted by molar-refractivity contribution is 5.94. The predicted octanol–water partition coefficient (Wildman–Crippen LogP) is 3.38. The number of ether oxygens (including phenoxy) is 1. The smallest absolute Gasteiger partial charge is 0.270 e. The van der Waals surface area contributed by atoms with E-state index in [-0.39, 0.29) is 11.6 Å². The predicted molar refractivity (Wildman–Crippen MR) is 86.1 cm³/mol. The van der Waals surface area contributed by atoms with Crippen molar-refractivity contribution in [2.24, 2.45) is 0 Å². The van der Waals surface area contributed by atoms with Gasteiger partial charge >= 0.3 is 0 Å². The quantitative estimate of drug-likeness (QED) is 0.693. The number of rotatable bonds is 4. The zero-order valence-electron chi connectivity index (χ0n) is 12.4. The molecular formula is C17H16N2O4. The number of carbonyl (C=O) groups is 1. The highest BCUT2D eigenvalue weighted by Gasteiger charge is 2.23. The van der Waals surface area contributed by atoms with Crippen LogP contribution in [0.1, 0.15) is 12.8 Å². The van der Waals surface area contributed by atoms with E-state index in [1.54, 1.807) is 30.3 Å². The van der Waals surface area contributed by atoms with Crippen LogP contribution in [0.25, 0.3) is 11.1 Å². The first-order chi connectivity index (χ1) is 11.1. The second-order valence-electron chi connectivity index (χ2n) is 5.38. The molecule has 118 valence electrons. The van der Waals surface area contributed by atoms with Crippen molar-refractivity contribution in [2.45, 2.75) is 18.9 Å². The summed E-state index contributed by atoms with van der Waals surface area (Å²) in [5.74, 6) is -0.154. The van der Waals surface area contributed by atoms with Gasteiger partial charge in [-0.2, -0.15) is 0 Å². The number of nitro benzene ring substituents is 1. The molecule has 3 rings (SSSR count). The van der Waals surface area contributed by atoms with Gasteiger partial charge < -0.3 is 10.1 Å². The van der Waals surface area contributed by atoms with Gasteiger partial charge in [0, 0.05) is 24.4 Å². The molecule has 1 aliphatic heterocycles. The Morgan fingerprint density at radius 3 is 2.61 bits per heavy atom. The normalized spacial score (nSPS) is 17.0. The monoisotopic (exact) mass is 312 g/mol. The van der Waals surface area contributed by atoms with Crippen molar-refractivity contribution in [1.82, 2.24) is 0 Å². The lowest BCUT2D eigenvalue weighted by atomic mass is 10.0. The molecule has 6 nitrogen and oxygen atoms in total. The first-order valence-corrected chi connectivity index (χ1v) is 7.41. The minimum absolute atomic E-state index is 0.0382. The lowest BCUT2D eigenvalue weighted by Gasteiger charge is -2.11. The van der Waals surface area contributed by atoms with Crippen LogP contribution in [0.2, 0.25) is 0 Å². The fourth-order valence-corrected chi connectivity index (χ4v) is 2.58. The molecule has 23 heavy (non-hydrogen) atoms. The Hall–Kier alpha value is -2.73. The molecule has 1 fully saturated rings. The van der Waals surface area contributed by atoms with E-state index in [0.717, 1.165) is 24.0 Å². The van der Waals surface area contributed by atoms with Gasteiger partial charge in [-0.05, 0) is 36.1 Å². The summed E-state index contributed by atoms with van der Waals surface area (Å²) in [6.07, 6.45) is 1.24. The summed E-state index contributed by atoms with van der Waals surface area (Å²) < 4.78 is 5.36. The van der Waals surface area contributed by atoms with Crippen molar-refractivity contribution >= 4 is 17.3 Å². The number of nitrogens with one attached hydrogen (secondary N) is 1. The second-order valence-corrected chi connectivity index (χ2v) is 5.38. The summed E-state index contributed by atoms with van der Waals surface area (Å²) in [4.78, 5) is 22.5. The van der Waals surface area contributed by atoms with E-state index in [9.17, 15) is 14.9 Å². The summed E-state index contributed by atoms with van der Waals surface area (Å²) in [5, 5.41) is 13.7. The Morgan fingerprint density at radius 2 is 1.91 bits per heavy atom. The number of hydrogen-bond acceptors (Lipinski definition) is 4. The number of nitro groups is 1. The second kappa shape index (κ2) is 6.58. The van der Waals surface area contributed by atoms with Gasteiger partial charge in [0.1, 0.15) is 6.10 Å². The Kier molecular flexibility index (Phi) is 4.34. The van der Waals surface area contributed by atoms with E-state index in [1.807, 2.05) is 6.07 Å². The van der Waals surface area contributed by atoms with E-state index in [1.165, 1.54) is 12.1 Å². The zero-order chi connectivity index (χ0) is 16.2. The van der Waals surface area contributed by atoms with Crippen molar-refractivity contribution < 1.29 is 14.5 Å². The third kappa shape index (κ3) is 3.54. The lowest BCUT2D eigenvalue weighted by Crippen LogP contribution is -2.26. The lowest BCUT2D eigenvalue weighted by molar-refractivity contribution is -0.384. The van der Waals surface area contributed by atoms with E-state index in [4.69, 9.17) is 4.74 Å². The van der Waals surface area contributed by atoms with Crippen LogP contribution in [0.4, 0.5) is 11.4 Å². The molecule has 1 heterocycles. The van der Waals surface area contributed by atoms with Gasteiger partial charge in [0.05, 0.1) is 4.92 Å². The minimum atomic E-state index is -0.424. The molecule has 1 aliphatic rings. The van der Waals surface area contributed by atoms with Gasteiger partial charge in [-0.15, -0.1) is 0 Å². The minimum Gasteiger partial charge on any atom is -0.368 e. The molecule has 0 radical (unpaired) electrons.